The van der Waals surface area contributed by atoms with E-state index >= 15 is 0 Å². The number of nitro benzene ring substituents is 1. The first-order valence-electron chi connectivity index (χ1n) is 11.6. The number of benzene rings is 3. The Balaban J connectivity index is 1.64. The minimum atomic E-state index is -1.03. The molecule has 1 fully saturated rings. The van der Waals surface area contributed by atoms with E-state index in [0.717, 1.165) is 14.9 Å². The molecule has 4 rings (SSSR count). The molecule has 0 radical (unpaired) electrons. The SMILES string of the molecule is COc1ccc(CCN(C(=O)c2ccc([N+](=O)[O-])cc2)C2CC(=O)N(c3ccc(Br)cc3)C2=O)cc1OC. The molecule has 1 aliphatic heterocycles. The maximum atomic E-state index is 13.6. The van der Waals surface area contributed by atoms with Gasteiger partial charge in [0.25, 0.3) is 17.5 Å². The van der Waals surface area contributed by atoms with Crippen molar-refractivity contribution in [1.82, 2.24) is 4.90 Å². The number of amides is 3. The lowest BCUT2D eigenvalue weighted by molar-refractivity contribution is -0.384. The van der Waals surface area contributed by atoms with Gasteiger partial charge in [-0.05, 0) is 60.5 Å². The molecule has 1 aliphatic rings. The zero-order valence-electron chi connectivity index (χ0n) is 20.6. The van der Waals surface area contributed by atoms with E-state index < -0.39 is 28.7 Å². The zero-order chi connectivity index (χ0) is 27.4. The Kier molecular flexibility index (Phi) is 8.06. The number of methoxy groups -OCH3 is 2. The quantitative estimate of drug-likeness (QED) is 0.209. The van der Waals surface area contributed by atoms with E-state index in [4.69, 9.17) is 9.47 Å². The molecule has 3 aromatic carbocycles. The van der Waals surface area contributed by atoms with Crippen molar-refractivity contribution in [2.24, 2.45) is 0 Å². The highest BCUT2D eigenvalue weighted by Crippen LogP contribution is 2.30. The maximum Gasteiger partial charge on any atom is 0.269 e. The minimum absolute atomic E-state index is 0.114. The highest BCUT2D eigenvalue weighted by molar-refractivity contribution is 9.10. The number of nitrogens with zero attached hydrogens (tertiary/aromatic N) is 3. The Morgan fingerprint density at radius 1 is 1.03 bits per heavy atom. The van der Waals surface area contributed by atoms with E-state index in [9.17, 15) is 24.5 Å². The molecule has 0 saturated carbocycles. The van der Waals surface area contributed by atoms with Crippen LogP contribution in [0.5, 0.6) is 11.5 Å². The van der Waals surface area contributed by atoms with E-state index in [0.29, 0.717) is 23.6 Å². The minimum Gasteiger partial charge on any atom is -0.493 e. The predicted molar refractivity (Wildman–Crippen MR) is 142 cm³/mol. The van der Waals surface area contributed by atoms with Crippen molar-refractivity contribution in [2.45, 2.75) is 18.9 Å². The molecule has 1 heterocycles. The predicted octanol–water partition coefficient (Wildman–Crippen LogP) is 4.39. The first-order chi connectivity index (χ1) is 18.2. The van der Waals surface area contributed by atoms with Crippen LogP contribution in [0.3, 0.4) is 0 Å². The van der Waals surface area contributed by atoms with Gasteiger partial charge < -0.3 is 14.4 Å². The van der Waals surface area contributed by atoms with Crippen molar-refractivity contribution < 1.29 is 28.8 Å². The molecule has 10 nitrogen and oxygen atoms in total. The van der Waals surface area contributed by atoms with Crippen LogP contribution in [0.15, 0.2) is 71.2 Å². The van der Waals surface area contributed by atoms with Crippen molar-refractivity contribution in [3.63, 3.8) is 0 Å². The maximum absolute atomic E-state index is 13.6. The van der Waals surface area contributed by atoms with Crippen molar-refractivity contribution in [3.05, 3.63) is 92.4 Å². The summed E-state index contributed by atoms with van der Waals surface area (Å²) in [5, 5.41) is 11.1. The van der Waals surface area contributed by atoms with Gasteiger partial charge in [0.05, 0.1) is 31.3 Å². The van der Waals surface area contributed by atoms with Crippen molar-refractivity contribution in [1.29, 1.82) is 0 Å². The summed E-state index contributed by atoms with van der Waals surface area (Å²) in [4.78, 5) is 53.0. The first kappa shape index (κ1) is 26.8. The highest BCUT2D eigenvalue weighted by atomic mass is 79.9. The summed E-state index contributed by atoms with van der Waals surface area (Å²) in [7, 11) is 3.05. The van der Waals surface area contributed by atoms with Gasteiger partial charge in [-0.3, -0.25) is 24.5 Å². The van der Waals surface area contributed by atoms with Gasteiger partial charge in [-0.25, -0.2) is 4.90 Å². The Labute approximate surface area is 227 Å². The summed E-state index contributed by atoms with van der Waals surface area (Å²) in [6.07, 6.45) is 0.175. The summed E-state index contributed by atoms with van der Waals surface area (Å²) in [6, 6.07) is 16.2. The van der Waals surface area contributed by atoms with Crippen molar-refractivity contribution in [3.8, 4) is 11.5 Å². The molecule has 11 heteroatoms. The van der Waals surface area contributed by atoms with Crippen LogP contribution in [0, 0.1) is 10.1 Å². The van der Waals surface area contributed by atoms with Gasteiger partial charge in [-0.1, -0.05) is 22.0 Å². The average Bonchev–Trinajstić information content (AvgIpc) is 3.22. The van der Waals surface area contributed by atoms with Crippen molar-refractivity contribution >= 4 is 45.0 Å². The van der Waals surface area contributed by atoms with Gasteiger partial charge in [0.2, 0.25) is 5.91 Å². The lowest BCUT2D eigenvalue weighted by Crippen LogP contribution is -2.46. The van der Waals surface area contributed by atoms with E-state index in [2.05, 4.69) is 15.9 Å². The Hall–Kier alpha value is -4.25. The highest BCUT2D eigenvalue weighted by Gasteiger charge is 2.44. The number of carbonyl (C=O) groups is 3. The van der Waals surface area contributed by atoms with Crippen LogP contribution < -0.4 is 14.4 Å². The number of ether oxygens (including phenoxy) is 2. The number of hydrogen-bond acceptors (Lipinski definition) is 7. The molecular formula is C27H24BrN3O7. The van der Waals surface area contributed by atoms with Gasteiger partial charge in [0.15, 0.2) is 11.5 Å². The van der Waals surface area contributed by atoms with Crippen LogP contribution in [0.2, 0.25) is 0 Å². The van der Waals surface area contributed by atoms with E-state index in [1.54, 1.807) is 36.4 Å². The Morgan fingerprint density at radius 2 is 1.68 bits per heavy atom. The van der Waals surface area contributed by atoms with E-state index in [1.165, 1.54) is 43.4 Å². The van der Waals surface area contributed by atoms with Crippen LogP contribution >= 0.6 is 15.9 Å². The van der Waals surface area contributed by atoms with E-state index in [-0.39, 0.29) is 24.2 Å². The first-order valence-corrected chi connectivity index (χ1v) is 12.4. The molecular weight excluding hydrogens is 558 g/mol. The largest absolute Gasteiger partial charge is 0.493 e. The summed E-state index contributed by atoms with van der Waals surface area (Å²) < 4.78 is 11.4. The van der Waals surface area contributed by atoms with Gasteiger partial charge in [0, 0.05) is 28.7 Å². The fourth-order valence-corrected chi connectivity index (χ4v) is 4.56. The molecule has 1 atom stereocenters. The second-order valence-corrected chi connectivity index (χ2v) is 9.42. The second kappa shape index (κ2) is 11.4. The van der Waals surface area contributed by atoms with Crippen LogP contribution in [0.25, 0.3) is 0 Å². The lowest BCUT2D eigenvalue weighted by Gasteiger charge is -2.28. The number of non-ortho nitro benzene ring substituents is 1. The van der Waals surface area contributed by atoms with Crippen LogP contribution in [-0.2, 0) is 16.0 Å². The normalized spacial score (nSPS) is 14.9. The fourth-order valence-electron chi connectivity index (χ4n) is 4.30. The third-order valence-electron chi connectivity index (χ3n) is 6.26. The Morgan fingerprint density at radius 3 is 2.29 bits per heavy atom. The average molecular weight is 582 g/mol. The number of imide groups is 1. The van der Waals surface area contributed by atoms with Crippen molar-refractivity contribution in [2.75, 3.05) is 25.7 Å². The fraction of sp³-hybridized carbons (Fsp3) is 0.222. The number of hydrogen-bond donors (Lipinski definition) is 0. The van der Waals surface area contributed by atoms with Gasteiger partial charge in [0.1, 0.15) is 6.04 Å². The number of halogens is 1. The zero-order valence-corrected chi connectivity index (χ0v) is 22.2. The summed E-state index contributed by atoms with van der Waals surface area (Å²) in [5.74, 6) is -0.373. The van der Waals surface area contributed by atoms with Gasteiger partial charge in [-0.2, -0.15) is 0 Å². The lowest BCUT2D eigenvalue weighted by atomic mass is 10.1. The second-order valence-electron chi connectivity index (χ2n) is 8.51. The summed E-state index contributed by atoms with van der Waals surface area (Å²) >= 11 is 3.34. The van der Waals surface area contributed by atoms with Gasteiger partial charge >= 0.3 is 0 Å². The standard InChI is InChI=1S/C27H24BrN3O7/c1-37-23-12-3-17(15-24(23)38-2)13-14-29(26(33)18-4-8-21(9-5-18)31(35)36)22-16-25(32)30(27(22)34)20-10-6-19(28)7-11-20/h3-12,15,22H,13-14,16H2,1-2H3. The number of carbonyl (C=O) groups excluding carboxylic acids is 3. The molecule has 196 valence electrons. The molecule has 3 amide bonds. The molecule has 3 aromatic rings. The molecule has 0 spiro atoms. The third-order valence-corrected chi connectivity index (χ3v) is 6.79. The molecule has 0 aromatic heterocycles. The van der Waals surface area contributed by atoms with Gasteiger partial charge in [-0.15, -0.1) is 0 Å². The molecule has 1 saturated heterocycles. The number of nitro groups is 1. The third kappa shape index (κ3) is 5.52. The molecule has 1 unspecified atom stereocenters. The summed E-state index contributed by atoms with van der Waals surface area (Å²) in [5.41, 5.74) is 1.25. The molecule has 38 heavy (non-hydrogen) atoms. The topological polar surface area (TPSA) is 119 Å². The smallest absolute Gasteiger partial charge is 0.269 e. The number of anilines is 1. The number of rotatable bonds is 9. The van der Waals surface area contributed by atoms with Crippen LogP contribution in [0.1, 0.15) is 22.3 Å². The monoisotopic (exact) mass is 581 g/mol. The molecule has 0 N–H and O–H groups in total. The molecule has 0 bridgehead atoms. The van der Waals surface area contributed by atoms with Crippen LogP contribution in [-0.4, -0.2) is 54.4 Å². The van der Waals surface area contributed by atoms with Crippen LogP contribution in [0.4, 0.5) is 11.4 Å². The summed E-state index contributed by atoms with van der Waals surface area (Å²) in [6.45, 7) is 0.114. The Bertz CT molecular complexity index is 1380. The molecule has 0 aliphatic carbocycles. The van der Waals surface area contributed by atoms with E-state index in [1.807, 2.05) is 6.07 Å².